The second kappa shape index (κ2) is 6.97. The van der Waals surface area contributed by atoms with Gasteiger partial charge in [0.1, 0.15) is 11.2 Å². The first-order valence-corrected chi connectivity index (χ1v) is 9.41. The maximum atomic E-state index is 13.1. The number of hydrogen-bond acceptors (Lipinski definition) is 4. The first-order valence-electron chi connectivity index (χ1n) is 9.41. The molecule has 1 aromatic carbocycles. The smallest absolute Gasteiger partial charge is 0.325 e. The lowest BCUT2D eigenvalue weighted by Crippen LogP contribution is -2.35. The van der Waals surface area contributed by atoms with Gasteiger partial charge in [-0.05, 0) is 59.7 Å². The van der Waals surface area contributed by atoms with Crippen molar-refractivity contribution in [3.05, 3.63) is 54.2 Å². The van der Waals surface area contributed by atoms with E-state index in [2.05, 4.69) is 0 Å². The third kappa shape index (κ3) is 4.03. The maximum Gasteiger partial charge on any atom is 0.325 e. The van der Waals surface area contributed by atoms with Crippen molar-refractivity contribution in [1.82, 2.24) is 4.40 Å². The van der Waals surface area contributed by atoms with Crippen molar-refractivity contribution < 1.29 is 19.1 Å². The summed E-state index contributed by atoms with van der Waals surface area (Å²) >= 11 is 0. The fourth-order valence-electron chi connectivity index (χ4n) is 3.28. The van der Waals surface area contributed by atoms with Gasteiger partial charge in [-0.1, -0.05) is 24.3 Å². The van der Waals surface area contributed by atoms with Gasteiger partial charge in [0.2, 0.25) is 0 Å². The molecule has 0 amide bonds. The van der Waals surface area contributed by atoms with Gasteiger partial charge in [0, 0.05) is 17.1 Å². The Kier molecular flexibility index (Phi) is 4.96. The molecule has 0 atom stereocenters. The van der Waals surface area contributed by atoms with Gasteiger partial charge < -0.3 is 13.9 Å². The van der Waals surface area contributed by atoms with E-state index >= 15 is 0 Å². The highest BCUT2D eigenvalue weighted by Gasteiger charge is 2.39. The van der Waals surface area contributed by atoms with Crippen molar-refractivity contribution >= 4 is 28.4 Å². The quantitative estimate of drug-likeness (QED) is 0.480. The second-order valence-electron chi connectivity index (χ2n) is 8.89. The summed E-state index contributed by atoms with van der Waals surface area (Å²) in [5.74, 6) is -2.39. The molecule has 5 heteroatoms. The van der Waals surface area contributed by atoms with E-state index < -0.39 is 29.1 Å². The molecule has 0 radical (unpaired) electrons. The number of para-hydroxylation sites is 1. The van der Waals surface area contributed by atoms with E-state index in [1.807, 2.05) is 53.1 Å². The van der Waals surface area contributed by atoms with Crippen LogP contribution < -0.4 is 0 Å². The number of carbonyl (C=O) groups excluding carboxylic acids is 2. The number of ether oxygens (including phenoxy) is 2. The third-order valence-corrected chi connectivity index (χ3v) is 4.16. The number of hydrogen-bond donors (Lipinski definition) is 0. The highest BCUT2D eigenvalue weighted by atomic mass is 16.6. The molecule has 0 fully saturated rings. The summed E-state index contributed by atoms with van der Waals surface area (Å²) in [5.41, 5.74) is 0.876. The molecule has 2 aromatic heterocycles. The maximum absolute atomic E-state index is 13.1. The zero-order valence-electron chi connectivity index (χ0n) is 17.3. The molecule has 148 valence electrons. The molecule has 28 heavy (non-hydrogen) atoms. The first kappa shape index (κ1) is 19.9. The summed E-state index contributed by atoms with van der Waals surface area (Å²) in [6.45, 7) is 10.7. The Hall–Kier alpha value is -2.82. The van der Waals surface area contributed by atoms with Crippen LogP contribution in [0, 0.1) is 0 Å². The molecule has 0 N–H and O–H groups in total. The molecule has 0 saturated heterocycles. The Bertz CT molecular complexity index is 953. The predicted molar refractivity (Wildman–Crippen MR) is 109 cm³/mol. The molecule has 3 rings (SSSR count). The molecule has 3 aromatic rings. The van der Waals surface area contributed by atoms with Crippen LogP contribution in [0.25, 0.3) is 16.4 Å². The summed E-state index contributed by atoms with van der Waals surface area (Å²) in [7, 11) is 0. The lowest BCUT2D eigenvalue weighted by Gasteiger charge is -2.26. The van der Waals surface area contributed by atoms with Gasteiger partial charge in [0.15, 0.2) is 5.92 Å². The van der Waals surface area contributed by atoms with Crippen LogP contribution >= 0.6 is 0 Å². The van der Waals surface area contributed by atoms with Crippen molar-refractivity contribution in [1.29, 1.82) is 0 Å². The van der Waals surface area contributed by atoms with Gasteiger partial charge in [0.25, 0.3) is 0 Å². The van der Waals surface area contributed by atoms with E-state index in [-0.39, 0.29) is 0 Å². The highest BCUT2D eigenvalue weighted by Crippen LogP contribution is 2.35. The predicted octanol–water partition coefficient (Wildman–Crippen LogP) is 4.86. The Morgan fingerprint density at radius 3 is 1.86 bits per heavy atom. The average Bonchev–Trinajstić information content (AvgIpc) is 2.87. The normalized spacial score (nSPS) is 12.5. The largest absolute Gasteiger partial charge is 0.459 e. The van der Waals surface area contributed by atoms with Crippen molar-refractivity contribution in [2.24, 2.45) is 0 Å². The van der Waals surface area contributed by atoms with Crippen LogP contribution in [0.5, 0.6) is 0 Å². The van der Waals surface area contributed by atoms with E-state index in [0.29, 0.717) is 5.56 Å². The average molecular weight is 381 g/mol. The van der Waals surface area contributed by atoms with Crippen molar-refractivity contribution in [3.8, 4) is 0 Å². The zero-order valence-corrected chi connectivity index (χ0v) is 17.3. The van der Waals surface area contributed by atoms with Crippen LogP contribution in [0.15, 0.2) is 48.7 Å². The standard InChI is InChI=1S/C23H27NO4/c1-22(2,3)27-20(25)19(21(26)28-23(4,5)6)18-15-11-7-8-12-16(15)24-14-10-9-13-17(18)24/h7-14,19H,1-6H3. The van der Waals surface area contributed by atoms with Gasteiger partial charge in [-0.15, -0.1) is 0 Å². The SMILES string of the molecule is CC(C)(C)OC(=O)C(C(=O)OC(C)(C)C)c1c2ccccc2n2ccccc12. The highest BCUT2D eigenvalue weighted by molar-refractivity contribution is 6.08. The van der Waals surface area contributed by atoms with E-state index in [9.17, 15) is 9.59 Å². The number of nitrogens with zero attached hydrogens (tertiary/aromatic N) is 1. The molecule has 0 aliphatic carbocycles. The molecular weight excluding hydrogens is 354 g/mol. The molecule has 5 nitrogen and oxygen atoms in total. The lowest BCUT2D eigenvalue weighted by molar-refractivity contribution is -0.169. The van der Waals surface area contributed by atoms with E-state index in [4.69, 9.17) is 9.47 Å². The minimum Gasteiger partial charge on any atom is -0.459 e. The monoisotopic (exact) mass is 381 g/mol. The summed E-state index contributed by atoms with van der Waals surface area (Å²) < 4.78 is 13.2. The number of rotatable bonds is 3. The fraction of sp³-hybridized carbons (Fsp3) is 0.391. The molecule has 0 spiro atoms. The lowest BCUT2D eigenvalue weighted by atomic mass is 9.96. The molecule has 0 unspecified atom stereocenters. The van der Waals surface area contributed by atoms with E-state index in [1.54, 1.807) is 41.5 Å². The van der Waals surface area contributed by atoms with Crippen LogP contribution in [0.4, 0.5) is 0 Å². The molecule has 0 aliphatic heterocycles. The van der Waals surface area contributed by atoms with Crippen LogP contribution in [0.1, 0.15) is 53.0 Å². The fourth-order valence-corrected chi connectivity index (χ4v) is 3.28. The number of aromatic nitrogens is 1. The summed E-state index contributed by atoms with van der Waals surface area (Å²) in [4.78, 5) is 26.3. The molecule has 0 aliphatic rings. The minimum absolute atomic E-state index is 0.608. The topological polar surface area (TPSA) is 57.0 Å². The Morgan fingerprint density at radius 2 is 1.29 bits per heavy atom. The van der Waals surface area contributed by atoms with Crippen LogP contribution in [0.2, 0.25) is 0 Å². The molecule has 0 saturated carbocycles. The first-order chi connectivity index (χ1) is 13.0. The number of benzene rings is 1. The number of esters is 2. The molecule has 2 heterocycles. The van der Waals surface area contributed by atoms with Gasteiger partial charge in [-0.2, -0.15) is 0 Å². The van der Waals surface area contributed by atoms with Crippen LogP contribution in [-0.4, -0.2) is 27.5 Å². The van der Waals surface area contributed by atoms with Crippen molar-refractivity contribution in [2.45, 2.75) is 58.7 Å². The third-order valence-electron chi connectivity index (χ3n) is 4.16. The van der Waals surface area contributed by atoms with E-state index in [0.717, 1.165) is 16.4 Å². The molecular formula is C23H27NO4. The van der Waals surface area contributed by atoms with Gasteiger partial charge in [0.05, 0.1) is 11.0 Å². The van der Waals surface area contributed by atoms with Crippen LogP contribution in [-0.2, 0) is 19.1 Å². The summed E-state index contributed by atoms with van der Waals surface area (Å²) in [6, 6.07) is 13.4. The van der Waals surface area contributed by atoms with E-state index in [1.165, 1.54) is 0 Å². The second-order valence-corrected chi connectivity index (χ2v) is 8.89. The van der Waals surface area contributed by atoms with Gasteiger partial charge in [-0.25, -0.2) is 0 Å². The Labute approximate surface area is 165 Å². The Balaban J connectivity index is 2.25. The van der Waals surface area contributed by atoms with Crippen molar-refractivity contribution in [2.75, 3.05) is 0 Å². The number of carbonyl (C=O) groups is 2. The number of pyridine rings is 1. The van der Waals surface area contributed by atoms with Gasteiger partial charge in [-0.3, -0.25) is 9.59 Å². The summed E-state index contributed by atoms with van der Waals surface area (Å²) in [6.07, 6.45) is 1.92. The Morgan fingerprint density at radius 1 is 0.786 bits per heavy atom. The van der Waals surface area contributed by atoms with Crippen molar-refractivity contribution in [3.63, 3.8) is 0 Å². The zero-order chi connectivity index (χ0) is 20.7. The summed E-state index contributed by atoms with van der Waals surface area (Å²) in [5, 5.41) is 0.829. The number of fused-ring (bicyclic) bond motifs is 3. The van der Waals surface area contributed by atoms with Crippen LogP contribution in [0.3, 0.4) is 0 Å². The van der Waals surface area contributed by atoms with Gasteiger partial charge >= 0.3 is 11.9 Å². The minimum atomic E-state index is -1.17. The molecule has 0 bridgehead atoms.